The van der Waals surface area contributed by atoms with Crippen molar-refractivity contribution in [2.75, 3.05) is 16.2 Å². The fourth-order valence-electron chi connectivity index (χ4n) is 3.28. The predicted octanol–water partition coefficient (Wildman–Crippen LogP) is 4.55. The van der Waals surface area contributed by atoms with Gasteiger partial charge in [-0.25, -0.2) is 17.6 Å². The Morgan fingerprint density at radius 1 is 1.12 bits per heavy atom. The van der Waals surface area contributed by atoms with E-state index < -0.39 is 32.5 Å². The van der Waals surface area contributed by atoms with Crippen LogP contribution in [0.3, 0.4) is 0 Å². The Kier molecular flexibility index (Phi) is 6.30. The van der Waals surface area contributed by atoms with Crippen molar-refractivity contribution in [2.24, 2.45) is 0 Å². The van der Waals surface area contributed by atoms with Gasteiger partial charge in [0.25, 0.3) is 10.0 Å². The van der Waals surface area contributed by atoms with Crippen LogP contribution in [0.1, 0.15) is 32.5 Å². The summed E-state index contributed by atoms with van der Waals surface area (Å²) in [5, 5.41) is 4.48. The minimum absolute atomic E-state index is 0.0504. The SMILES string of the molecule is CCOC(=O)c1ccc(NC=C2C(=O)c3sccc3N(Cc3ccc(F)cc3)S2(=O)=O)cc1. The third kappa shape index (κ3) is 4.53. The second-order valence-electron chi connectivity index (χ2n) is 7.05. The van der Waals surface area contributed by atoms with Crippen molar-refractivity contribution in [1.29, 1.82) is 0 Å². The van der Waals surface area contributed by atoms with E-state index in [-0.39, 0.29) is 13.2 Å². The lowest BCUT2D eigenvalue weighted by molar-refractivity contribution is 0.0526. The van der Waals surface area contributed by atoms with Gasteiger partial charge in [-0.1, -0.05) is 12.1 Å². The number of halogens is 1. The Bertz CT molecular complexity index is 1330. The predicted molar refractivity (Wildman–Crippen MR) is 124 cm³/mol. The molecular formula is C23H19FN2O5S2. The second-order valence-corrected chi connectivity index (χ2v) is 9.80. The van der Waals surface area contributed by atoms with Gasteiger partial charge in [-0.3, -0.25) is 9.10 Å². The number of rotatable bonds is 6. The van der Waals surface area contributed by atoms with Crippen LogP contribution in [0.4, 0.5) is 15.8 Å². The highest BCUT2D eigenvalue weighted by atomic mass is 32.2. The molecule has 10 heteroatoms. The lowest BCUT2D eigenvalue weighted by Crippen LogP contribution is -2.38. The zero-order valence-electron chi connectivity index (χ0n) is 17.4. The van der Waals surface area contributed by atoms with Crippen molar-refractivity contribution in [3.05, 3.63) is 92.9 Å². The van der Waals surface area contributed by atoms with E-state index in [1.54, 1.807) is 30.5 Å². The molecule has 1 aliphatic heterocycles. The molecule has 0 atom stereocenters. The van der Waals surface area contributed by atoms with Crippen molar-refractivity contribution in [1.82, 2.24) is 0 Å². The zero-order valence-corrected chi connectivity index (χ0v) is 19.1. The monoisotopic (exact) mass is 486 g/mol. The normalized spacial score (nSPS) is 15.9. The number of hydrogen-bond donors (Lipinski definition) is 1. The lowest BCUT2D eigenvalue weighted by atomic mass is 10.2. The van der Waals surface area contributed by atoms with Crippen molar-refractivity contribution >= 4 is 44.5 Å². The van der Waals surface area contributed by atoms with Gasteiger partial charge < -0.3 is 10.1 Å². The molecule has 1 N–H and O–H groups in total. The van der Waals surface area contributed by atoms with Crippen LogP contribution in [-0.2, 0) is 21.3 Å². The van der Waals surface area contributed by atoms with Gasteiger partial charge in [-0.15, -0.1) is 11.3 Å². The topological polar surface area (TPSA) is 92.8 Å². The molecule has 1 aliphatic rings. The van der Waals surface area contributed by atoms with Gasteiger partial charge in [0, 0.05) is 11.9 Å². The van der Waals surface area contributed by atoms with Gasteiger partial charge in [-0.05, 0) is 60.3 Å². The van der Waals surface area contributed by atoms with E-state index in [4.69, 9.17) is 4.74 Å². The highest BCUT2D eigenvalue weighted by Gasteiger charge is 2.41. The summed E-state index contributed by atoms with van der Waals surface area (Å²) in [5.74, 6) is -1.49. The summed E-state index contributed by atoms with van der Waals surface area (Å²) in [6, 6.07) is 13.3. The number of esters is 1. The molecule has 0 saturated carbocycles. The molecule has 2 aromatic carbocycles. The van der Waals surface area contributed by atoms with Gasteiger partial charge in [0.1, 0.15) is 10.7 Å². The fourth-order valence-corrected chi connectivity index (χ4v) is 5.76. The maximum Gasteiger partial charge on any atom is 0.338 e. The molecular weight excluding hydrogens is 467 g/mol. The number of hydrogen-bond acceptors (Lipinski definition) is 7. The number of nitrogens with zero attached hydrogens (tertiary/aromatic N) is 1. The van der Waals surface area contributed by atoms with E-state index in [0.717, 1.165) is 21.8 Å². The lowest BCUT2D eigenvalue weighted by Gasteiger charge is -2.29. The van der Waals surface area contributed by atoms with Gasteiger partial charge in [0.15, 0.2) is 4.91 Å². The first kappa shape index (κ1) is 22.7. The number of benzene rings is 2. The van der Waals surface area contributed by atoms with E-state index in [0.29, 0.717) is 27.4 Å². The van der Waals surface area contributed by atoms with E-state index in [1.165, 1.54) is 36.4 Å². The van der Waals surface area contributed by atoms with Crippen LogP contribution in [0, 0.1) is 5.82 Å². The van der Waals surface area contributed by atoms with E-state index >= 15 is 0 Å². The first-order valence-corrected chi connectivity index (χ1v) is 12.3. The van der Waals surface area contributed by atoms with Crippen molar-refractivity contribution in [3.63, 3.8) is 0 Å². The molecule has 0 fully saturated rings. The maximum atomic E-state index is 13.4. The number of fused-ring (bicyclic) bond motifs is 1. The summed E-state index contributed by atoms with van der Waals surface area (Å²) >= 11 is 1.15. The number of thiophene rings is 1. The van der Waals surface area contributed by atoms with Gasteiger partial charge in [-0.2, -0.15) is 0 Å². The number of ketones is 1. The molecule has 4 rings (SSSR count). The number of sulfonamides is 1. The largest absolute Gasteiger partial charge is 0.462 e. The second kappa shape index (κ2) is 9.16. The third-order valence-electron chi connectivity index (χ3n) is 4.92. The van der Waals surface area contributed by atoms with Gasteiger partial charge in [0.05, 0.1) is 24.4 Å². The van der Waals surface area contributed by atoms with Crippen LogP contribution in [0.25, 0.3) is 0 Å². The maximum absolute atomic E-state index is 13.4. The Morgan fingerprint density at radius 3 is 2.48 bits per heavy atom. The standard InChI is InChI=1S/C23H19FN2O5S2/c1-2-31-23(28)16-5-9-18(10-6-16)25-13-20-21(27)22-19(11-12-32-22)26(33(20,29)30)14-15-3-7-17(24)8-4-15/h3-13,25H,2,14H2,1H3. The summed E-state index contributed by atoms with van der Waals surface area (Å²) in [5.41, 5.74) is 1.71. The number of carbonyl (C=O) groups is 2. The highest BCUT2D eigenvalue weighted by molar-refractivity contribution is 7.97. The van der Waals surface area contributed by atoms with Gasteiger partial charge >= 0.3 is 5.97 Å². The number of ether oxygens (including phenoxy) is 1. The van der Waals surface area contributed by atoms with Crippen LogP contribution in [0.2, 0.25) is 0 Å². The van der Waals surface area contributed by atoms with Crippen LogP contribution in [-0.4, -0.2) is 26.8 Å². The minimum atomic E-state index is -4.18. The van der Waals surface area contributed by atoms with Crippen LogP contribution < -0.4 is 9.62 Å². The smallest absolute Gasteiger partial charge is 0.338 e. The average Bonchev–Trinajstić information content (AvgIpc) is 3.28. The Hall–Kier alpha value is -3.50. The molecule has 7 nitrogen and oxygen atoms in total. The summed E-state index contributed by atoms with van der Waals surface area (Å²) < 4.78 is 46.1. The van der Waals surface area contributed by atoms with Crippen molar-refractivity contribution in [2.45, 2.75) is 13.5 Å². The number of anilines is 2. The molecule has 0 radical (unpaired) electrons. The zero-order chi connectivity index (χ0) is 23.6. The Labute approximate surface area is 194 Å². The van der Waals surface area contributed by atoms with E-state index in [2.05, 4.69) is 5.32 Å². The van der Waals surface area contributed by atoms with E-state index in [1.807, 2.05) is 0 Å². The highest BCUT2D eigenvalue weighted by Crippen LogP contribution is 2.39. The summed E-state index contributed by atoms with van der Waals surface area (Å²) in [6.07, 6.45) is 1.15. The number of nitrogens with one attached hydrogen (secondary N) is 1. The molecule has 0 unspecified atom stereocenters. The first-order chi connectivity index (χ1) is 15.8. The average molecular weight is 487 g/mol. The van der Waals surface area contributed by atoms with Crippen LogP contribution in [0.5, 0.6) is 0 Å². The third-order valence-corrected chi connectivity index (χ3v) is 7.58. The molecule has 2 heterocycles. The molecule has 0 aliphatic carbocycles. The quantitative estimate of drug-likeness (QED) is 0.406. The van der Waals surface area contributed by atoms with Crippen LogP contribution >= 0.6 is 11.3 Å². The van der Waals surface area contributed by atoms with Crippen LogP contribution in [0.15, 0.2) is 71.1 Å². The number of allylic oxidation sites excluding steroid dienone is 1. The summed E-state index contributed by atoms with van der Waals surface area (Å²) in [4.78, 5) is 24.6. The van der Waals surface area contributed by atoms with Crippen molar-refractivity contribution < 1.29 is 27.1 Å². The molecule has 33 heavy (non-hydrogen) atoms. The Morgan fingerprint density at radius 2 is 1.82 bits per heavy atom. The van der Waals surface area contributed by atoms with E-state index in [9.17, 15) is 22.4 Å². The summed E-state index contributed by atoms with van der Waals surface area (Å²) in [6.45, 7) is 1.91. The molecule has 0 saturated heterocycles. The molecule has 0 bridgehead atoms. The molecule has 0 amide bonds. The van der Waals surface area contributed by atoms with Crippen molar-refractivity contribution in [3.8, 4) is 0 Å². The minimum Gasteiger partial charge on any atom is -0.462 e. The molecule has 0 spiro atoms. The molecule has 170 valence electrons. The number of Topliss-reactive ketones (excluding diaryl/α,β-unsaturated/α-hetero) is 1. The Balaban J connectivity index is 1.64. The summed E-state index contributed by atoms with van der Waals surface area (Å²) in [7, 11) is -4.18. The van der Waals surface area contributed by atoms with Gasteiger partial charge in [0.2, 0.25) is 5.78 Å². The number of carbonyl (C=O) groups excluding carboxylic acids is 2. The fraction of sp³-hybridized carbons (Fsp3) is 0.130. The first-order valence-electron chi connectivity index (χ1n) is 9.94. The molecule has 3 aromatic rings. The molecule has 1 aromatic heterocycles.